The van der Waals surface area contributed by atoms with Gasteiger partial charge in [-0.3, -0.25) is 11.3 Å². The van der Waals surface area contributed by atoms with Gasteiger partial charge in [0, 0.05) is 11.1 Å². The van der Waals surface area contributed by atoms with Gasteiger partial charge in [0.05, 0.1) is 18.8 Å². The number of benzene rings is 1. The second kappa shape index (κ2) is 6.24. The van der Waals surface area contributed by atoms with E-state index in [1.54, 1.807) is 7.11 Å². The second-order valence-corrected chi connectivity index (χ2v) is 7.02. The molecule has 2 fully saturated rings. The summed E-state index contributed by atoms with van der Waals surface area (Å²) >= 11 is 3.64. The molecule has 1 aliphatic heterocycles. The van der Waals surface area contributed by atoms with Crippen LogP contribution in [-0.4, -0.2) is 19.3 Å². The summed E-state index contributed by atoms with van der Waals surface area (Å²) in [6.45, 7) is 0.838. The van der Waals surface area contributed by atoms with Crippen molar-refractivity contribution in [2.24, 2.45) is 11.8 Å². The van der Waals surface area contributed by atoms with Crippen molar-refractivity contribution >= 4 is 15.9 Å². The van der Waals surface area contributed by atoms with Gasteiger partial charge >= 0.3 is 0 Å². The van der Waals surface area contributed by atoms with E-state index in [9.17, 15) is 0 Å². The lowest BCUT2D eigenvalue weighted by Crippen LogP contribution is -2.48. The molecule has 0 radical (unpaired) electrons. The first kappa shape index (κ1) is 15.3. The first-order chi connectivity index (χ1) is 10.2. The average molecular weight is 355 g/mol. The van der Waals surface area contributed by atoms with Gasteiger partial charge < -0.3 is 9.47 Å². The SMILES string of the molecule is COc1ccc(Br)c(C(NN)C2CCOC3(CCC3)C2)c1. The predicted molar refractivity (Wildman–Crippen MR) is 86.0 cm³/mol. The molecule has 21 heavy (non-hydrogen) atoms. The highest BCUT2D eigenvalue weighted by Gasteiger charge is 2.44. The number of nitrogens with two attached hydrogens (primary N) is 1. The fourth-order valence-electron chi connectivity index (χ4n) is 3.64. The molecule has 1 spiro atoms. The smallest absolute Gasteiger partial charge is 0.119 e. The Morgan fingerprint density at radius 2 is 2.29 bits per heavy atom. The molecule has 1 aliphatic carbocycles. The third kappa shape index (κ3) is 2.97. The Morgan fingerprint density at radius 3 is 2.90 bits per heavy atom. The molecule has 1 aromatic rings. The van der Waals surface area contributed by atoms with Gasteiger partial charge in [-0.1, -0.05) is 15.9 Å². The predicted octanol–water partition coefficient (Wildman–Crippen LogP) is 3.31. The maximum absolute atomic E-state index is 6.03. The third-order valence-corrected chi connectivity index (χ3v) is 5.71. The topological polar surface area (TPSA) is 56.5 Å². The van der Waals surface area contributed by atoms with Crippen LogP contribution in [0.1, 0.15) is 43.7 Å². The van der Waals surface area contributed by atoms with Crippen LogP contribution in [0.5, 0.6) is 5.75 Å². The van der Waals surface area contributed by atoms with Gasteiger partial charge in [-0.25, -0.2) is 0 Å². The van der Waals surface area contributed by atoms with E-state index in [0.29, 0.717) is 5.92 Å². The number of hydrogen-bond acceptors (Lipinski definition) is 4. The lowest BCUT2D eigenvalue weighted by Gasteiger charge is -2.48. The lowest BCUT2D eigenvalue weighted by molar-refractivity contribution is -0.147. The van der Waals surface area contributed by atoms with Crippen LogP contribution in [-0.2, 0) is 4.74 Å². The quantitative estimate of drug-likeness (QED) is 0.643. The lowest BCUT2D eigenvalue weighted by atomic mass is 9.70. The minimum atomic E-state index is 0.121. The average Bonchev–Trinajstić information content (AvgIpc) is 2.48. The molecule has 1 aromatic carbocycles. The van der Waals surface area contributed by atoms with Crippen LogP contribution >= 0.6 is 15.9 Å². The van der Waals surface area contributed by atoms with Crippen molar-refractivity contribution in [3.05, 3.63) is 28.2 Å². The Labute approximate surface area is 134 Å². The summed E-state index contributed by atoms with van der Waals surface area (Å²) in [7, 11) is 1.69. The van der Waals surface area contributed by atoms with E-state index in [-0.39, 0.29) is 11.6 Å². The highest BCUT2D eigenvalue weighted by molar-refractivity contribution is 9.10. The molecule has 2 unspecified atom stereocenters. The highest BCUT2D eigenvalue weighted by atomic mass is 79.9. The van der Waals surface area contributed by atoms with Crippen LogP contribution in [0.2, 0.25) is 0 Å². The van der Waals surface area contributed by atoms with Crippen LogP contribution < -0.4 is 16.0 Å². The molecular weight excluding hydrogens is 332 g/mol. The van der Waals surface area contributed by atoms with Gasteiger partial charge in [-0.2, -0.15) is 0 Å². The second-order valence-electron chi connectivity index (χ2n) is 6.17. The molecule has 0 amide bonds. The van der Waals surface area contributed by atoms with Gasteiger partial charge in [0.15, 0.2) is 0 Å². The monoisotopic (exact) mass is 354 g/mol. The number of halogens is 1. The van der Waals surface area contributed by atoms with Crippen molar-refractivity contribution in [3.63, 3.8) is 0 Å². The zero-order valence-electron chi connectivity index (χ0n) is 12.4. The fourth-order valence-corrected chi connectivity index (χ4v) is 4.13. The van der Waals surface area contributed by atoms with Crippen LogP contribution in [0.4, 0.5) is 0 Å². The van der Waals surface area contributed by atoms with E-state index in [1.807, 2.05) is 12.1 Å². The first-order valence-electron chi connectivity index (χ1n) is 7.61. The Hall–Kier alpha value is -0.620. The van der Waals surface area contributed by atoms with Gasteiger partial charge in [-0.15, -0.1) is 0 Å². The molecule has 1 saturated heterocycles. The number of ether oxygens (including phenoxy) is 2. The molecule has 4 nitrogen and oxygen atoms in total. The summed E-state index contributed by atoms with van der Waals surface area (Å²) in [6.07, 6.45) is 5.81. The van der Waals surface area contributed by atoms with E-state index in [4.69, 9.17) is 15.3 Å². The largest absolute Gasteiger partial charge is 0.497 e. The first-order valence-corrected chi connectivity index (χ1v) is 8.40. The van der Waals surface area contributed by atoms with Crippen LogP contribution in [0.15, 0.2) is 22.7 Å². The minimum Gasteiger partial charge on any atom is -0.497 e. The molecule has 116 valence electrons. The van der Waals surface area contributed by atoms with E-state index in [1.165, 1.54) is 24.8 Å². The molecule has 1 saturated carbocycles. The number of hydrogen-bond donors (Lipinski definition) is 2. The van der Waals surface area contributed by atoms with Gasteiger partial charge in [0.1, 0.15) is 5.75 Å². The molecule has 0 aromatic heterocycles. The van der Waals surface area contributed by atoms with Crippen molar-refractivity contribution < 1.29 is 9.47 Å². The van der Waals surface area contributed by atoms with Crippen molar-refractivity contribution in [2.75, 3.05) is 13.7 Å². The Morgan fingerprint density at radius 1 is 1.48 bits per heavy atom. The molecule has 2 aliphatic rings. The number of methoxy groups -OCH3 is 1. The van der Waals surface area contributed by atoms with Crippen LogP contribution in [0, 0.1) is 5.92 Å². The molecular formula is C16H23BrN2O2. The van der Waals surface area contributed by atoms with Gasteiger partial charge in [-0.05, 0) is 61.8 Å². The standard InChI is InChI=1S/C16H23BrN2O2/c1-20-12-3-4-14(17)13(9-12)15(19-18)11-5-8-21-16(10-11)6-2-7-16/h3-4,9,11,15,19H,2,5-8,10,18H2,1H3. The normalized spacial score (nSPS) is 25.4. The Kier molecular flexibility index (Phi) is 4.54. The molecule has 5 heteroatoms. The van der Waals surface area contributed by atoms with E-state index < -0.39 is 0 Å². The van der Waals surface area contributed by atoms with Crippen molar-refractivity contribution in [2.45, 2.75) is 43.7 Å². The summed E-state index contributed by atoms with van der Waals surface area (Å²) < 4.78 is 12.5. The number of hydrazine groups is 1. The minimum absolute atomic E-state index is 0.121. The van der Waals surface area contributed by atoms with Crippen LogP contribution in [0.3, 0.4) is 0 Å². The molecule has 2 atom stereocenters. The number of rotatable bonds is 4. The van der Waals surface area contributed by atoms with E-state index in [0.717, 1.165) is 29.7 Å². The molecule has 0 bridgehead atoms. The maximum Gasteiger partial charge on any atom is 0.119 e. The maximum atomic E-state index is 6.03. The molecule has 3 rings (SSSR count). The van der Waals surface area contributed by atoms with E-state index >= 15 is 0 Å². The van der Waals surface area contributed by atoms with E-state index in [2.05, 4.69) is 27.4 Å². The van der Waals surface area contributed by atoms with Crippen molar-refractivity contribution in [1.29, 1.82) is 0 Å². The van der Waals surface area contributed by atoms with Gasteiger partial charge in [0.2, 0.25) is 0 Å². The molecule has 3 N–H and O–H groups in total. The van der Waals surface area contributed by atoms with Crippen molar-refractivity contribution in [1.82, 2.24) is 5.43 Å². The fraction of sp³-hybridized carbons (Fsp3) is 0.625. The highest BCUT2D eigenvalue weighted by Crippen LogP contribution is 2.47. The zero-order valence-corrected chi connectivity index (χ0v) is 14.0. The van der Waals surface area contributed by atoms with Crippen LogP contribution in [0.25, 0.3) is 0 Å². The summed E-state index contributed by atoms with van der Waals surface area (Å²) in [5.41, 5.74) is 4.32. The third-order valence-electron chi connectivity index (χ3n) is 4.99. The zero-order chi connectivity index (χ0) is 14.9. The Bertz CT molecular complexity index is 505. The van der Waals surface area contributed by atoms with Crippen molar-refractivity contribution in [3.8, 4) is 5.75 Å². The Balaban J connectivity index is 1.84. The molecule has 1 heterocycles. The summed E-state index contributed by atoms with van der Waals surface area (Å²) in [6, 6.07) is 6.17. The number of nitrogens with one attached hydrogen (secondary N) is 1. The summed E-state index contributed by atoms with van der Waals surface area (Å²) in [5, 5.41) is 0. The van der Waals surface area contributed by atoms with Gasteiger partial charge in [0.25, 0.3) is 0 Å². The summed E-state index contributed by atoms with van der Waals surface area (Å²) in [4.78, 5) is 0. The summed E-state index contributed by atoms with van der Waals surface area (Å²) in [5.74, 6) is 7.24.